The van der Waals surface area contributed by atoms with Crippen LogP contribution in [-0.2, 0) is 0 Å². The van der Waals surface area contributed by atoms with E-state index in [0.29, 0.717) is 30.4 Å². The van der Waals surface area contributed by atoms with Gasteiger partial charge in [-0.25, -0.2) is 14.4 Å². The number of carbonyl (C=O) groups is 1. The Hall–Kier alpha value is -2.70. The number of halogens is 1. The molecule has 0 bridgehead atoms. The van der Waals surface area contributed by atoms with Gasteiger partial charge in [-0.3, -0.25) is 4.79 Å². The molecule has 7 heteroatoms. The highest BCUT2D eigenvalue weighted by atomic mass is 19.1. The van der Waals surface area contributed by atoms with Crippen LogP contribution in [0.15, 0.2) is 36.7 Å². The van der Waals surface area contributed by atoms with E-state index >= 15 is 0 Å². The quantitative estimate of drug-likeness (QED) is 0.816. The van der Waals surface area contributed by atoms with Crippen molar-refractivity contribution in [2.24, 2.45) is 5.92 Å². The molecular weight excluding hydrogens is 357 g/mol. The smallest absolute Gasteiger partial charge is 0.272 e. The maximum Gasteiger partial charge on any atom is 0.272 e. The summed E-state index contributed by atoms with van der Waals surface area (Å²) in [6.45, 7) is 6.67. The number of amides is 1. The summed E-state index contributed by atoms with van der Waals surface area (Å²) in [4.78, 5) is 27.4. The highest BCUT2D eigenvalue weighted by Crippen LogP contribution is 2.23. The number of benzene rings is 1. The highest BCUT2D eigenvalue weighted by molar-refractivity contribution is 5.93. The number of aromatic nitrogens is 2. The minimum absolute atomic E-state index is 0.0134. The fraction of sp³-hybridized carbons (Fsp3) is 0.476. The van der Waals surface area contributed by atoms with Crippen molar-refractivity contribution >= 4 is 17.4 Å². The van der Waals surface area contributed by atoms with Gasteiger partial charge in [0, 0.05) is 45.3 Å². The third-order valence-electron chi connectivity index (χ3n) is 5.74. The highest BCUT2D eigenvalue weighted by Gasteiger charge is 2.24. The summed E-state index contributed by atoms with van der Waals surface area (Å²) >= 11 is 0. The second kappa shape index (κ2) is 8.12. The third kappa shape index (κ3) is 3.93. The number of likely N-dealkylation sites (tertiary alicyclic amines) is 1. The molecule has 2 fully saturated rings. The van der Waals surface area contributed by atoms with E-state index in [4.69, 9.17) is 0 Å². The van der Waals surface area contributed by atoms with Crippen LogP contribution in [0.1, 0.15) is 30.3 Å². The number of carbonyl (C=O) groups excluding carboxylic acids is 1. The van der Waals surface area contributed by atoms with Crippen LogP contribution in [0.25, 0.3) is 0 Å². The molecule has 3 heterocycles. The first kappa shape index (κ1) is 18.7. The minimum Gasteiger partial charge on any atom is -0.366 e. The van der Waals surface area contributed by atoms with E-state index in [1.807, 2.05) is 21.9 Å². The maximum atomic E-state index is 14.0. The molecule has 0 N–H and O–H groups in total. The first-order valence-corrected chi connectivity index (χ1v) is 9.97. The van der Waals surface area contributed by atoms with Gasteiger partial charge in [-0.15, -0.1) is 0 Å². The van der Waals surface area contributed by atoms with E-state index in [0.717, 1.165) is 44.8 Å². The molecule has 4 rings (SSSR count). The molecule has 0 spiro atoms. The number of nitrogens with zero attached hydrogens (tertiary/aromatic N) is 5. The van der Waals surface area contributed by atoms with Crippen LogP contribution >= 0.6 is 0 Å². The Morgan fingerprint density at radius 3 is 2.39 bits per heavy atom. The van der Waals surface area contributed by atoms with E-state index in [1.54, 1.807) is 12.1 Å². The van der Waals surface area contributed by atoms with Crippen molar-refractivity contribution in [3.63, 3.8) is 0 Å². The molecule has 0 saturated carbocycles. The summed E-state index contributed by atoms with van der Waals surface area (Å²) in [6.07, 6.45) is 3.56. The maximum absolute atomic E-state index is 14.0. The number of rotatable bonds is 3. The first-order valence-electron chi connectivity index (χ1n) is 9.97. The molecule has 0 unspecified atom stereocenters. The average molecular weight is 383 g/mol. The van der Waals surface area contributed by atoms with Crippen LogP contribution in [-0.4, -0.2) is 60.0 Å². The summed E-state index contributed by atoms with van der Waals surface area (Å²) in [5, 5.41) is 0. The molecule has 148 valence electrons. The predicted octanol–water partition coefficient (Wildman–Crippen LogP) is 2.81. The summed E-state index contributed by atoms with van der Waals surface area (Å²) in [5.41, 5.74) is 1.09. The van der Waals surface area contributed by atoms with E-state index in [2.05, 4.69) is 21.8 Å². The van der Waals surface area contributed by atoms with Crippen molar-refractivity contribution in [1.29, 1.82) is 0 Å². The second-order valence-corrected chi connectivity index (χ2v) is 7.66. The summed E-state index contributed by atoms with van der Waals surface area (Å²) in [5.74, 6) is 1.23. The minimum atomic E-state index is -0.193. The first-order chi connectivity index (χ1) is 13.6. The molecule has 1 aromatic carbocycles. The van der Waals surface area contributed by atoms with E-state index in [9.17, 15) is 9.18 Å². The van der Waals surface area contributed by atoms with Gasteiger partial charge in [-0.05, 0) is 30.9 Å². The molecule has 28 heavy (non-hydrogen) atoms. The van der Waals surface area contributed by atoms with Crippen LogP contribution in [0.3, 0.4) is 0 Å². The number of hydrogen-bond donors (Lipinski definition) is 0. The van der Waals surface area contributed by atoms with Gasteiger partial charge in [0.15, 0.2) is 0 Å². The normalized spacial score (nSPS) is 18.4. The predicted molar refractivity (Wildman–Crippen MR) is 107 cm³/mol. The van der Waals surface area contributed by atoms with Crippen molar-refractivity contribution in [2.75, 3.05) is 49.1 Å². The van der Waals surface area contributed by atoms with Gasteiger partial charge in [0.2, 0.25) is 0 Å². The molecule has 2 aromatic rings. The number of hydrogen-bond acceptors (Lipinski definition) is 5. The lowest BCUT2D eigenvalue weighted by molar-refractivity contribution is 0.0691. The Bertz CT molecular complexity index is 829. The Balaban J connectivity index is 1.41. The zero-order valence-corrected chi connectivity index (χ0v) is 16.2. The monoisotopic (exact) mass is 383 g/mol. The molecule has 0 radical (unpaired) electrons. The summed E-state index contributed by atoms with van der Waals surface area (Å²) in [7, 11) is 0. The molecule has 0 aliphatic carbocycles. The van der Waals surface area contributed by atoms with Crippen molar-refractivity contribution in [2.45, 2.75) is 19.8 Å². The van der Waals surface area contributed by atoms with E-state index < -0.39 is 0 Å². The largest absolute Gasteiger partial charge is 0.366 e. The van der Waals surface area contributed by atoms with Crippen LogP contribution < -0.4 is 9.80 Å². The number of piperidine rings is 1. The van der Waals surface area contributed by atoms with Crippen molar-refractivity contribution in [1.82, 2.24) is 14.9 Å². The fourth-order valence-electron chi connectivity index (χ4n) is 3.90. The zero-order valence-electron chi connectivity index (χ0n) is 16.2. The second-order valence-electron chi connectivity index (χ2n) is 7.66. The van der Waals surface area contributed by atoms with Crippen molar-refractivity contribution < 1.29 is 9.18 Å². The molecule has 0 atom stereocenters. The average Bonchev–Trinajstić information content (AvgIpc) is 2.74. The lowest BCUT2D eigenvalue weighted by Crippen LogP contribution is -2.47. The molecular formula is C21H26FN5O. The van der Waals surface area contributed by atoms with Crippen molar-refractivity contribution in [3.05, 3.63) is 48.2 Å². The van der Waals surface area contributed by atoms with Crippen LogP contribution in [0, 0.1) is 11.7 Å². The molecule has 2 aliphatic rings. The van der Waals surface area contributed by atoms with E-state index in [1.165, 1.54) is 12.4 Å². The van der Waals surface area contributed by atoms with Crippen LogP contribution in [0.4, 0.5) is 15.9 Å². The van der Waals surface area contributed by atoms with E-state index in [-0.39, 0.29) is 11.7 Å². The molecule has 1 amide bonds. The zero-order chi connectivity index (χ0) is 19.5. The van der Waals surface area contributed by atoms with Gasteiger partial charge in [0.05, 0.1) is 5.69 Å². The van der Waals surface area contributed by atoms with Crippen LogP contribution in [0.5, 0.6) is 0 Å². The van der Waals surface area contributed by atoms with Gasteiger partial charge < -0.3 is 14.7 Å². The van der Waals surface area contributed by atoms with Crippen LogP contribution in [0.2, 0.25) is 0 Å². The lowest BCUT2D eigenvalue weighted by Gasteiger charge is -2.37. The Labute approximate surface area is 165 Å². The summed E-state index contributed by atoms with van der Waals surface area (Å²) < 4.78 is 14.0. The molecule has 6 nitrogen and oxygen atoms in total. The standard InChI is InChI=1S/C21H26FN5O/c1-16-6-8-27(9-7-16)21(28)18-14-20(24-15-23-18)26-12-10-25(11-13-26)19-5-3-2-4-17(19)22/h2-5,14-16H,6-13H2,1H3. The Morgan fingerprint density at radius 1 is 1.00 bits per heavy atom. The van der Waals surface area contributed by atoms with Gasteiger partial charge in [-0.1, -0.05) is 19.1 Å². The Morgan fingerprint density at radius 2 is 1.68 bits per heavy atom. The third-order valence-corrected chi connectivity index (χ3v) is 5.74. The molecule has 2 saturated heterocycles. The fourth-order valence-corrected chi connectivity index (χ4v) is 3.90. The van der Waals surface area contributed by atoms with Gasteiger partial charge in [0.25, 0.3) is 5.91 Å². The van der Waals surface area contributed by atoms with Gasteiger partial charge in [0.1, 0.15) is 23.7 Å². The summed E-state index contributed by atoms with van der Waals surface area (Å²) in [6, 6.07) is 8.66. The van der Waals surface area contributed by atoms with Gasteiger partial charge >= 0.3 is 0 Å². The molecule has 2 aliphatic heterocycles. The topological polar surface area (TPSA) is 52.6 Å². The SMILES string of the molecule is CC1CCN(C(=O)c2cc(N3CCN(c4ccccc4F)CC3)ncn2)CC1. The number of piperazine rings is 1. The molecule has 1 aromatic heterocycles. The number of anilines is 2. The lowest BCUT2D eigenvalue weighted by atomic mass is 9.99. The Kier molecular flexibility index (Phi) is 5.41. The van der Waals surface area contributed by atoms with Crippen molar-refractivity contribution in [3.8, 4) is 0 Å². The number of para-hydroxylation sites is 1. The van der Waals surface area contributed by atoms with Gasteiger partial charge in [-0.2, -0.15) is 0 Å².